The fourth-order valence-corrected chi connectivity index (χ4v) is 4.97. The van der Waals surface area contributed by atoms with Gasteiger partial charge in [0.15, 0.2) is 0 Å². The highest BCUT2D eigenvalue weighted by molar-refractivity contribution is 5.27. The van der Waals surface area contributed by atoms with Crippen LogP contribution in [0.25, 0.3) is 0 Å². The van der Waals surface area contributed by atoms with Crippen molar-refractivity contribution in [3.05, 3.63) is 145 Å². The van der Waals surface area contributed by atoms with Gasteiger partial charge in [-0.1, -0.05) is 135 Å². The molecule has 0 aliphatic carbocycles. The van der Waals surface area contributed by atoms with E-state index in [0.29, 0.717) is 17.8 Å². The van der Waals surface area contributed by atoms with Crippen LogP contribution >= 0.6 is 0 Å². The van der Waals surface area contributed by atoms with Gasteiger partial charge in [0.1, 0.15) is 0 Å². The molecule has 0 nitrogen and oxygen atoms in total. The highest BCUT2D eigenvalue weighted by atomic mass is 14.2. The summed E-state index contributed by atoms with van der Waals surface area (Å²) in [7, 11) is 0. The Morgan fingerprint density at radius 1 is 0.600 bits per heavy atom. The molecule has 0 aromatic heterocycles. The zero-order valence-corrected chi connectivity index (χ0v) is 21.5. The molecule has 0 fully saturated rings. The van der Waals surface area contributed by atoms with Crippen LogP contribution in [-0.4, -0.2) is 0 Å². The molecule has 0 N–H and O–H groups in total. The largest absolute Gasteiger partial charge is 0.102 e. The van der Waals surface area contributed by atoms with Crippen molar-refractivity contribution in [1.29, 1.82) is 0 Å². The lowest BCUT2D eigenvalue weighted by atomic mass is 9.88. The van der Waals surface area contributed by atoms with Gasteiger partial charge in [-0.3, -0.25) is 0 Å². The van der Waals surface area contributed by atoms with Crippen LogP contribution in [0.5, 0.6) is 0 Å². The van der Waals surface area contributed by atoms with Gasteiger partial charge in [-0.25, -0.2) is 0 Å². The summed E-state index contributed by atoms with van der Waals surface area (Å²) in [4.78, 5) is 0. The molecule has 0 heteroatoms. The van der Waals surface area contributed by atoms with E-state index in [0.717, 1.165) is 12.8 Å². The molecular weight excluding hydrogens is 420 g/mol. The molecular formula is C35H42. The molecule has 0 saturated heterocycles. The maximum absolute atomic E-state index is 4.13. The molecule has 0 radical (unpaired) electrons. The minimum atomic E-state index is 0.408. The fraction of sp³-hybridized carbons (Fsp3) is 0.314. The van der Waals surface area contributed by atoms with Crippen molar-refractivity contribution in [2.45, 2.75) is 69.6 Å². The van der Waals surface area contributed by atoms with Gasteiger partial charge in [0.05, 0.1) is 0 Å². The maximum Gasteiger partial charge on any atom is 0.00183 e. The minimum Gasteiger partial charge on any atom is -0.102 e. The third-order valence-corrected chi connectivity index (χ3v) is 7.13. The third-order valence-electron chi connectivity index (χ3n) is 7.13. The first-order valence-corrected chi connectivity index (χ1v) is 13.3. The number of unbranched alkanes of at least 4 members (excludes halogenated alkanes) is 2. The monoisotopic (exact) mass is 462 g/mol. The zero-order chi connectivity index (χ0) is 24.7. The standard InChI is InChI=1S/C35H42/c1-4-31(34-22-14-8-15-23-34)19-11-6-10-18-30(28-29(3)33-20-12-7-13-21-33)26-27-32(5-2)35-24-16-9-17-25-35/h4-5,7-9,12-17,20-25,28-29,31-32H,1-2,6,10-11,18-19,26-27H2,3H3. The topological polar surface area (TPSA) is 0 Å². The molecule has 0 amide bonds. The van der Waals surface area contributed by atoms with Crippen LogP contribution in [0, 0.1) is 0 Å². The van der Waals surface area contributed by atoms with Gasteiger partial charge in [-0.2, -0.15) is 0 Å². The van der Waals surface area contributed by atoms with Crippen molar-refractivity contribution >= 4 is 0 Å². The third kappa shape index (κ3) is 8.87. The second kappa shape index (κ2) is 15.0. The average Bonchev–Trinajstić information content (AvgIpc) is 2.92. The number of hydrogen-bond acceptors (Lipinski definition) is 0. The Hall–Kier alpha value is -3.12. The molecule has 3 aromatic carbocycles. The van der Waals surface area contributed by atoms with E-state index in [-0.39, 0.29) is 0 Å². The quantitative estimate of drug-likeness (QED) is 0.156. The lowest BCUT2D eigenvalue weighted by molar-refractivity contribution is 0.597. The molecule has 3 unspecified atom stereocenters. The van der Waals surface area contributed by atoms with Crippen molar-refractivity contribution in [2.75, 3.05) is 0 Å². The molecule has 0 heterocycles. The molecule has 182 valence electrons. The van der Waals surface area contributed by atoms with Crippen LogP contribution in [0.4, 0.5) is 0 Å². The molecule has 3 aromatic rings. The number of hydrogen-bond donors (Lipinski definition) is 0. The predicted molar refractivity (Wildman–Crippen MR) is 154 cm³/mol. The van der Waals surface area contributed by atoms with E-state index in [2.05, 4.69) is 129 Å². The van der Waals surface area contributed by atoms with Crippen LogP contribution in [0.3, 0.4) is 0 Å². The smallest absolute Gasteiger partial charge is 0.00183 e. The molecule has 3 atom stereocenters. The van der Waals surface area contributed by atoms with Crippen LogP contribution in [0.1, 0.15) is 86.3 Å². The number of allylic oxidation sites excluding steroid dienone is 4. The lowest BCUT2D eigenvalue weighted by Crippen LogP contribution is -1.99. The maximum atomic E-state index is 4.13. The summed E-state index contributed by atoms with van der Waals surface area (Å²) in [6.07, 6.45) is 15.1. The van der Waals surface area contributed by atoms with Crippen molar-refractivity contribution in [1.82, 2.24) is 0 Å². The Morgan fingerprint density at radius 2 is 1.09 bits per heavy atom. The molecule has 0 spiro atoms. The van der Waals surface area contributed by atoms with Gasteiger partial charge >= 0.3 is 0 Å². The first-order valence-electron chi connectivity index (χ1n) is 13.3. The van der Waals surface area contributed by atoms with Gasteiger partial charge in [-0.05, 0) is 54.7 Å². The zero-order valence-electron chi connectivity index (χ0n) is 21.5. The van der Waals surface area contributed by atoms with Gasteiger partial charge in [-0.15, -0.1) is 13.2 Å². The summed E-state index contributed by atoms with van der Waals surface area (Å²) in [5, 5.41) is 0. The SMILES string of the molecule is C=CC(CCCCCC(=CC(C)c1ccccc1)CCC(C=C)c1ccccc1)c1ccccc1. The van der Waals surface area contributed by atoms with Crippen LogP contribution < -0.4 is 0 Å². The second-order valence-electron chi connectivity index (χ2n) is 9.67. The van der Waals surface area contributed by atoms with Gasteiger partial charge in [0.25, 0.3) is 0 Å². The molecule has 3 rings (SSSR count). The molecule has 35 heavy (non-hydrogen) atoms. The Labute approximate surface area is 214 Å². The summed E-state index contributed by atoms with van der Waals surface area (Å²) in [6, 6.07) is 32.5. The molecule has 0 saturated carbocycles. The van der Waals surface area contributed by atoms with E-state index in [9.17, 15) is 0 Å². The average molecular weight is 463 g/mol. The van der Waals surface area contributed by atoms with Crippen molar-refractivity contribution in [2.24, 2.45) is 0 Å². The summed E-state index contributed by atoms with van der Waals surface area (Å²) in [5.74, 6) is 1.31. The predicted octanol–water partition coefficient (Wildman–Crippen LogP) is 10.4. The van der Waals surface area contributed by atoms with E-state index in [4.69, 9.17) is 0 Å². The number of rotatable bonds is 15. The highest BCUT2D eigenvalue weighted by Gasteiger charge is 2.11. The first-order chi connectivity index (χ1) is 17.2. The second-order valence-corrected chi connectivity index (χ2v) is 9.67. The minimum absolute atomic E-state index is 0.408. The van der Waals surface area contributed by atoms with Crippen LogP contribution in [-0.2, 0) is 0 Å². The summed E-state index contributed by atoms with van der Waals surface area (Å²) >= 11 is 0. The first kappa shape index (κ1) is 26.5. The Bertz CT molecular complexity index is 1010. The number of benzene rings is 3. The fourth-order valence-electron chi connectivity index (χ4n) is 4.97. The Morgan fingerprint density at radius 3 is 1.60 bits per heavy atom. The van der Waals surface area contributed by atoms with Gasteiger partial charge in [0, 0.05) is 11.8 Å². The highest BCUT2D eigenvalue weighted by Crippen LogP contribution is 2.29. The van der Waals surface area contributed by atoms with Gasteiger partial charge < -0.3 is 0 Å². The summed E-state index contributed by atoms with van der Waals surface area (Å²) in [5.41, 5.74) is 5.74. The normalized spacial score (nSPS) is 14.1. The van der Waals surface area contributed by atoms with Crippen molar-refractivity contribution in [3.63, 3.8) is 0 Å². The Kier molecular flexibility index (Phi) is 11.3. The summed E-state index contributed by atoms with van der Waals surface area (Å²) < 4.78 is 0. The van der Waals surface area contributed by atoms with Crippen molar-refractivity contribution in [3.8, 4) is 0 Å². The van der Waals surface area contributed by atoms with E-state index < -0.39 is 0 Å². The van der Waals surface area contributed by atoms with E-state index in [1.165, 1.54) is 48.8 Å². The van der Waals surface area contributed by atoms with E-state index in [1.807, 2.05) is 0 Å². The van der Waals surface area contributed by atoms with E-state index >= 15 is 0 Å². The lowest BCUT2D eigenvalue weighted by Gasteiger charge is -2.17. The van der Waals surface area contributed by atoms with E-state index in [1.54, 1.807) is 5.57 Å². The summed E-state index contributed by atoms with van der Waals surface area (Å²) in [6.45, 7) is 10.5. The van der Waals surface area contributed by atoms with Crippen molar-refractivity contribution < 1.29 is 0 Å². The molecule has 0 bridgehead atoms. The van der Waals surface area contributed by atoms with Crippen LogP contribution in [0.2, 0.25) is 0 Å². The van der Waals surface area contributed by atoms with Gasteiger partial charge in [0.2, 0.25) is 0 Å². The molecule has 0 aliphatic heterocycles. The Balaban J connectivity index is 1.58. The van der Waals surface area contributed by atoms with Crippen LogP contribution in [0.15, 0.2) is 128 Å². The molecule has 0 aliphatic rings.